The number of aromatic nitrogens is 1. The highest BCUT2D eigenvalue weighted by molar-refractivity contribution is 8.00. The molecule has 12 nitrogen and oxygen atoms in total. The zero-order valence-electron chi connectivity index (χ0n) is 15.1. The van der Waals surface area contributed by atoms with Gasteiger partial charge in [0, 0.05) is 23.1 Å². The van der Waals surface area contributed by atoms with Gasteiger partial charge in [0.1, 0.15) is 28.9 Å². The molecular weight excluding hydrogens is 438 g/mol. The number of hydrogen-bond acceptors (Lipinski definition) is 11. The van der Waals surface area contributed by atoms with Gasteiger partial charge in [-0.05, 0) is 6.42 Å². The molecule has 4 rings (SSSR count). The Morgan fingerprint density at radius 3 is 2.73 bits per heavy atom. The lowest BCUT2D eigenvalue weighted by Crippen LogP contribution is -2.71. The van der Waals surface area contributed by atoms with E-state index in [4.69, 9.17) is 10.5 Å². The lowest BCUT2D eigenvalue weighted by Gasteiger charge is -2.49. The summed E-state index contributed by atoms with van der Waals surface area (Å²) >= 11 is 2.29. The first-order valence-corrected chi connectivity index (χ1v) is 10.6. The summed E-state index contributed by atoms with van der Waals surface area (Å²) in [5, 5.41) is 25.2. The SMILES string of the molecule is Nc1nc(/C(=N\O)C(=O)N[C@@H]2C(=O)N3C(C(=O)O)=C(C4CCC(=O)O4)CS[C@H]23)cs1. The highest BCUT2D eigenvalue weighted by atomic mass is 32.2. The first-order valence-electron chi connectivity index (χ1n) is 8.66. The van der Waals surface area contributed by atoms with Crippen LogP contribution in [-0.2, 0) is 23.9 Å². The number of carboxylic acids is 1. The maximum atomic E-state index is 12.7. The van der Waals surface area contributed by atoms with Crippen LogP contribution in [0.5, 0.6) is 0 Å². The third-order valence-corrected chi connectivity index (χ3v) is 6.82. The molecule has 0 aliphatic carbocycles. The minimum Gasteiger partial charge on any atom is -0.477 e. The number of thioether (sulfide) groups is 1. The van der Waals surface area contributed by atoms with E-state index in [1.807, 2.05) is 0 Å². The first-order chi connectivity index (χ1) is 14.3. The Morgan fingerprint density at radius 1 is 1.40 bits per heavy atom. The molecule has 0 spiro atoms. The van der Waals surface area contributed by atoms with Gasteiger partial charge in [-0.25, -0.2) is 9.78 Å². The summed E-state index contributed by atoms with van der Waals surface area (Å²) in [4.78, 5) is 53.4. The summed E-state index contributed by atoms with van der Waals surface area (Å²) in [7, 11) is 0. The monoisotopic (exact) mass is 453 g/mol. The standard InChI is InChI=1S/C16H15N5O7S2/c17-16-18-6(4-30-16)9(20-27)12(23)19-10-13(24)21-11(15(25)26)5(3-29-14(10)21)7-1-2-8(22)28-7/h4,7,10,14,27H,1-3H2,(H2,17,18)(H,19,23)(H,25,26)/b20-9+/t7?,10-,14-/m1/s1. The van der Waals surface area contributed by atoms with Crippen molar-refractivity contribution in [1.29, 1.82) is 0 Å². The number of cyclic esters (lactones) is 1. The van der Waals surface area contributed by atoms with Crippen molar-refractivity contribution in [1.82, 2.24) is 15.2 Å². The van der Waals surface area contributed by atoms with Crippen molar-refractivity contribution in [3.8, 4) is 0 Å². The van der Waals surface area contributed by atoms with Gasteiger partial charge >= 0.3 is 11.9 Å². The number of anilines is 1. The van der Waals surface area contributed by atoms with E-state index in [0.29, 0.717) is 12.0 Å². The largest absolute Gasteiger partial charge is 0.477 e. The highest BCUT2D eigenvalue weighted by Crippen LogP contribution is 2.42. The average Bonchev–Trinajstić information content (AvgIpc) is 3.33. The molecule has 1 aromatic heterocycles. The summed E-state index contributed by atoms with van der Waals surface area (Å²) < 4.78 is 5.17. The lowest BCUT2D eigenvalue weighted by molar-refractivity contribution is -0.150. The van der Waals surface area contributed by atoms with Gasteiger partial charge in [0.05, 0.1) is 0 Å². The van der Waals surface area contributed by atoms with Gasteiger partial charge in [-0.15, -0.1) is 23.1 Å². The Bertz CT molecular complexity index is 1020. The minimum atomic E-state index is -1.31. The highest BCUT2D eigenvalue weighted by Gasteiger charge is 2.55. The van der Waals surface area contributed by atoms with Gasteiger partial charge in [-0.3, -0.25) is 19.3 Å². The van der Waals surface area contributed by atoms with Crippen LogP contribution in [0, 0.1) is 0 Å². The van der Waals surface area contributed by atoms with Crippen molar-refractivity contribution in [2.75, 3.05) is 11.5 Å². The number of carboxylic acid groups (broad SMARTS) is 1. The fourth-order valence-electron chi connectivity index (χ4n) is 3.48. The van der Waals surface area contributed by atoms with E-state index in [0.717, 1.165) is 16.2 Å². The number of esters is 1. The van der Waals surface area contributed by atoms with Gasteiger partial charge in [0.15, 0.2) is 10.8 Å². The Morgan fingerprint density at radius 2 is 2.17 bits per heavy atom. The predicted molar refractivity (Wildman–Crippen MR) is 104 cm³/mol. The number of ether oxygens (including phenoxy) is 1. The Kier molecular flexibility index (Phi) is 5.11. The number of nitrogens with zero attached hydrogens (tertiary/aromatic N) is 3. The number of rotatable bonds is 5. The van der Waals surface area contributed by atoms with Crippen molar-refractivity contribution < 1.29 is 34.2 Å². The molecule has 0 saturated carbocycles. The van der Waals surface area contributed by atoms with Gasteiger partial charge in [-0.1, -0.05) is 5.16 Å². The van der Waals surface area contributed by atoms with Gasteiger partial charge in [-0.2, -0.15) is 0 Å². The van der Waals surface area contributed by atoms with Gasteiger partial charge in [0.25, 0.3) is 11.8 Å². The van der Waals surface area contributed by atoms with E-state index in [2.05, 4.69) is 15.5 Å². The second-order valence-electron chi connectivity index (χ2n) is 6.58. The maximum absolute atomic E-state index is 12.7. The molecule has 4 heterocycles. The van der Waals surface area contributed by atoms with Crippen LogP contribution in [-0.4, -0.2) is 72.9 Å². The van der Waals surface area contributed by atoms with E-state index < -0.39 is 47.0 Å². The Labute approximate surface area is 176 Å². The summed E-state index contributed by atoms with van der Waals surface area (Å²) in [6, 6.07) is -1.02. The molecule has 1 aromatic rings. The van der Waals surface area contributed by atoms with Crippen LogP contribution >= 0.6 is 23.1 Å². The molecule has 158 valence electrons. The van der Waals surface area contributed by atoms with Crippen molar-refractivity contribution in [2.24, 2.45) is 5.16 Å². The van der Waals surface area contributed by atoms with Crippen molar-refractivity contribution >= 4 is 57.7 Å². The number of nitrogen functional groups attached to an aromatic ring is 1. The first kappa shape index (κ1) is 20.2. The Hall–Kier alpha value is -3.13. The quantitative estimate of drug-likeness (QED) is 0.147. The molecular formula is C16H15N5O7S2. The third-order valence-electron chi connectivity index (χ3n) is 4.84. The molecule has 2 fully saturated rings. The second kappa shape index (κ2) is 7.60. The number of carbonyl (C=O) groups is 4. The number of oxime groups is 1. The van der Waals surface area contributed by atoms with Crippen LogP contribution in [0.25, 0.3) is 0 Å². The van der Waals surface area contributed by atoms with Gasteiger partial charge < -0.3 is 26.1 Å². The molecule has 2 saturated heterocycles. The zero-order valence-corrected chi connectivity index (χ0v) is 16.7. The Balaban J connectivity index is 1.53. The van der Waals surface area contributed by atoms with Crippen LogP contribution < -0.4 is 11.1 Å². The summed E-state index contributed by atoms with van der Waals surface area (Å²) in [6.45, 7) is 0. The topological polar surface area (TPSA) is 185 Å². The molecule has 0 bridgehead atoms. The van der Waals surface area contributed by atoms with E-state index in [9.17, 15) is 29.5 Å². The molecule has 2 amide bonds. The molecule has 3 atom stereocenters. The average molecular weight is 453 g/mol. The summed E-state index contributed by atoms with van der Waals surface area (Å²) in [5.41, 5.74) is 5.29. The third kappa shape index (κ3) is 3.27. The van der Waals surface area contributed by atoms with Crippen LogP contribution in [0.15, 0.2) is 21.8 Å². The normalized spacial score (nSPS) is 26.2. The van der Waals surface area contributed by atoms with E-state index in [1.54, 1.807) is 0 Å². The number of amides is 2. The van der Waals surface area contributed by atoms with Gasteiger partial charge in [0.2, 0.25) is 0 Å². The van der Waals surface area contributed by atoms with Crippen molar-refractivity contribution in [3.05, 3.63) is 22.3 Å². The molecule has 30 heavy (non-hydrogen) atoms. The lowest BCUT2D eigenvalue weighted by atomic mass is 9.99. The second-order valence-corrected chi connectivity index (χ2v) is 8.57. The fraction of sp³-hybridized carbons (Fsp3) is 0.375. The number of fused-ring (bicyclic) bond motifs is 1. The van der Waals surface area contributed by atoms with E-state index >= 15 is 0 Å². The number of thiazole rings is 1. The molecule has 3 aliphatic heterocycles. The number of nitrogens with two attached hydrogens (primary N) is 1. The van der Waals surface area contributed by atoms with Crippen molar-refractivity contribution in [2.45, 2.75) is 30.4 Å². The van der Waals surface area contributed by atoms with Crippen LogP contribution in [0.1, 0.15) is 18.5 Å². The van der Waals surface area contributed by atoms with Crippen LogP contribution in [0.4, 0.5) is 5.13 Å². The summed E-state index contributed by atoms with van der Waals surface area (Å²) in [6.07, 6.45) is -0.140. The molecule has 14 heteroatoms. The molecule has 0 aromatic carbocycles. The number of nitrogens with one attached hydrogen (secondary N) is 1. The minimum absolute atomic E-state index is 0.0499. The smallest absolute Gasteiger partial charge is 0.352 e. The number of hydrogen-bond donors (Lipinski definition) is 4. The predicted octanol–water partition coefficient (Wildman–Crippen LogP) is -0.652. The zero-order chi connectivity index (χ0) is 21.6. The van der Waals surface area contributed by atoms with E-state index in [1.165, 1.54) is 17.1 Å². The van der Waals surface area contributed by atoms with E-state index in [-0.39, 0.29) is 28.7 Å². The summed E-state index contributed by atoms with van der Waals surface area (Å²) in [5.74, 6) is -2.98. The fourth-order valence-corrected chi connectivity index (χ4v) is 5.44. The molecule has 0 radical (unpaired) electrons. The molecule has 1 unspecified atom stereocenters. The maximum Gasteiger partial charge on any atom is 0.352 e. The number of aliphatic carboxylic acids is 1. The van der Waals surface area contributed by atoms with Crippen LogP contribution in [0.2, 0.25) is 0 Å². The van der Waals surface area contributed by atoms with Crippen LogP contribution in [0.3, 0.4) is 0 Å². The molecule has 5 N–H and O–H groups in total. The number of β-lactam (4-membered cyclic amide) rings is 1. The number of carbonyl (C=O) groups excluding carboxylic acids is 3. The van der Waals surface area contributed by atoms with Crippen molar-refractivity contribution in [3.63, 3.8) is 0 Å². The molecule has 3 aliphatic rings.